The molecule has 0 aliphatic carbocycles. The first-order valence-electron chi connectivity index (χ1n) is 7.37. The highest BCUT2D eigenvalue weighted by atomic mass is 16.4. The summed E-state index contributed by atoms with van der Waals surface area (Å²) < 4.78 is 0. The number of carbonyl (C=O) groups is 2. The number of carbonyl (C=O) groups excluding carboxylic acids is 1. The van der Waals surface area contributed by atoms with Crippen molar-refractivity contribution >= 4 is 12.0 Å². The SMILES string of the molecule is CCC(CC)(NC(=O)NC1CCN(C)C(C)C1)C(=O)O. The molecule has 1 aliphatic rings. The van der Waals surface area contributed by atoms with Crippen LogP contribution in [0.25, 0.3) is 0 Å². The summed E-state index contributed by atoms with van der Waals surface area (Å²) in [5.74, 6) is -0.977. The van der Waals surface area contributed by atoms with Crippen LogP contribution in [0, 0.1) is 0 Å². The van der Waals surface area contributed by atoms with Crippen LogP contribution in [0.2, 0.25) is 0 Å². The molecule has 6 heteroatoms. The molecule has 1 fully saturated rings. The van der Waals surface area contributed by atoms with Gasteiger partial charge in [-0.1, -0.05) is 13.8 Å². The first kappa shape index (κ1) is 16.8. The highest BCUT2D eigenvalue weighted by molar-refractivity contribution is 5.86. The molecule has 116 valence electrons. The third-order valence-electron chi connectivity index (χ3n) is 4.51. The van der Waals surface area contributed by atoms with Crippen LogP contribution in [0.3, 0.4) is 0 Å². The minimum absolute atomic E-state index is 0.112. The van der Waals surface area contributed by atoms with Crippen molar-refractivity contribution in [1.82, 2.24) is 15.5 Å². The summed E-state index contributed by atoms with van der Waals surface area (Å²) in [4.78, 5) is 25.7. The quantitative estimate of drug-likeness (QED) is 0.713. The van der Waals surface area contributed by atoms with Crippen molar-refractivity contribution in [3.05, 3.63) is 0 Å². The average Bonchev–Trinajstić information content (AvgIpc) is 2.40. The van der Waals surface area contributed by atoms with E-state index in [0.29, 0.717) is 18.9 Å². The second-order valence-corrected chi connectivity index (χ2v) is 5.74. The van der Waals surface area contributed by atoms with Crippen molar-refractivity contribution in [2.45, 2.75) is 64.1 Å². The lowest BCUT2D eigenvalue weighted by molar-refractivity contribution is -0.144. The summed E-state index contributed by atoms with van der Waals surface area (Å²) in [7, 11) is 2.07. The zero-order valence-corrected chi connectivity index (χ0v) is 12.9. The predicted molar refractivity (Wildman–Crippen MR) is 77.7 cm³/mol. The van der Waals surface area contributed by atoms with Gasteiger partial charge in [0.15, 0.2) is 0 Å². The van der Waals surface area contributed by atoms with Crippen molar-refractivity contribution in [3.63, 3.8) is 0 Å². The summed E-state index contributed by atoms with van der Waals surface area (Å²) in [5.41, 5.74) is -1.17. The molecule has 0 saturated carbocycles. The van der Waals surface area contributed by atoms with Gasteiger partial charge in [-0.15, -0.1) is 0 Å². The molecular weight excluding hydrogens is 258 g/mol. The lowest BCUT2D eigenvalue weighted by Crippen LogP contribution is -2.59. The van der Waals surface area contributed by atoms with Gasteiger partial charge in [0.1, 0.15) is 5.54 Å². The molecule has 0 radical (unpaired) electrons. The standard InChI is InChI=1S/C14H27N3O3/c1-5-14(6-2,12(18)19)16-13(20)15-11-7-8-17(4)10(3)9-11/h10-11H,5-9H2,1-4H3,(H,18,19)(H2,15,16,20). The van der Waals surface area contributed by atoms with E-state index < -0.39 is 11.5 Å². The Hall–Kier alpha value is -1.30. The number of carboxylic acids is 1. The van der Waals surface area contributed by atoms with Crippen LogP contribution < -0.4 is 10.6 Å². The molecule has 2 amide bonds. The second-order valence-electron chi connectivity index (χ2n) is 5.74. The smallest absolute Gasteiger partial charge is 0.329 e. The first-order chi connectivity index (χ1) is 9.34. The topological polar surface area (TPSA) is 81.7 Å². The molecule has 0 aromatic heterocycles. The molecule has 20 heavy (non-hydrogen) atoms. The molecule has 1 rings (SSSR count). The Kier molecular flexibility index (Phi) is 5.80. The van der Waals surface area contributed by atoms with Gasteiger partial charge in [-0.05, 0) is 39.7 Å². The molecule has 1 aliphatic heterocycles. The fourth-order valence-electron chi connectivity index (χ4n) is 2.64. The summed E-state index contributed by atoms with van der Waals surface area (Å²) in [6.07, 6.45) is 2.53. The van der Waals surface area contributed by atoms with E-state index >= 15 is 0 Å². The predicted octanol–water partition coefficient (Wildman–Crippen LogP) is 1.41. The number of aliphatic carboxylic acids is 1. The van der Waals surface area contributed by atoms with Crippen molar-refractivity contribution in [2.75, 3.05) is 13.6 Å². The minimum atomic E-state index is -1.17. The third-order valence-corrected chi connectivity index (χ3v) is 4.51. The minimum Gasteiger partial charge on any atom is -0.480 e. The fourth-order valence-corrected chi connectivity index (χ4v) is 2.64. The third kappa shape index (κ3) is 3.85. The van der Waals surface area contributed by atoms with E-state index in [2.05, 4.69) is 29.5 Å². The lowest BCUT2D eigenvalue weighted by atomic mass is 9.93. The van der Waals surface area contributed by atoms with Crippen molar-refractivity contribution in [1.29, 1.82) is 0 Å². The first-order valence-corrected chi connectivity index (χ1v) is 7.37. The highest BCUT2D eigenvalue weighted by Gasteiger charge is 2.37. The number of urea groups is 1. The van der Waals surface area contributed by atoms with Gasteiger partial charge in [-0.25, -0.2) is 9.59 Å². The van der Waals surface area contributed by atoms with E-state index in [-0.39, 0.29) is 12.1 Å². The number of amides is 2. The Morgan fingerprint density at radius 3 is 2.40 bits per heavy atom. The van der Waals surface area contributed by atoms with E-state index in [1.807, 2.05) is 0 Å². The average molecular weight is 285 g/mol. The summed E-state index contributed by atoms with van der Waals surface area (Å²) in [6.45, 7) is 6.62. The molecule has 2 atom stereocenters. The van der Waals surface area contributed by atoms with Crippen LogP contribution in [0.1, 0.15) is 46.5 Å². The number of rotatable bonds is 5. The van der Waals surface area contributed by atoms with Crippen LogP contribution in [-0.2, 0) is 4.79 Å². The van der Waals surface area contributed by atoms with Crippen LogP contribution in [-0.4, -0.2) is 53.2 Å². The molecule has 0 spiro atoms. The van der Waals surface area contributed by atoms with Gasteiger partial charge >= 0.3 is 12.0 Å². The Bertz CT molecular complexity index is 356. The normalized spacial score (nSPS) is 24.2. The van der Waals surface area contributed by atoms with Gasteiger partial charge in [0.25, 0.3) is 0 Å². The maximum Gasteiger partial charge on any atom is 0.329 e. The van der Waals surface area contributed by atoms with Gasteiger partial charge in [-0.3, -0.25) is 0 Å². The molecule has 0 bridgehead atoms. The number of piperidine rings is 1. The maximum atomic E-state index is 12.0. The van der Waals surface area contributed by atoms with E-state index in [0.717, 1.165) is 19.4 Å². The summed E-state index contributed by atoms with van der Waals surface area (Å²) in [6, 6.07) is 0.162. The summed E-state index contributed by atoms with van der Waals surface area (Å²) >= 11 is 0. The molecule has 0 aromatic carbocycles. The zero-order chi connectivity index (χ0) is 15.3. The Morgan fingerprint density at radius 1 is 1.35 bits per heavy atom. The molecule has 0 aromatic rings. The Balaban J connectivity index is 2.56. The highest BCUT2D eigenvalue weighted by Crippen LogP contribution is 2.17. The maximum absolute atomic E-state index is 12.0. The number of nitrogens with one attached hydrogen (secondary N) is 2. The van der Waals surface area contributed by atoms with Crippen molar-refractivity contribution < 1.29 is 14.7 Å². The van der Waals surface area contributed by atoms with Crippen LogP contribution >= 0.6 is 0 Å². The number of carboxylic acid groups (broad SMARTS) is 1. The molecule has 2 unspecified atom stereocenters. The van der Waals surface area contributed by atoms with E-state index in [1.54, 1.807) is 13.8 Å². The second kappa shape index (κ2) is 6.92. The molecule has 1 saturated heterocycles. The Morgan fingerprint density at radius 2 is 1.95 bits per heavy atom. The molecule has 1 heterocycles. The van der Waals surface area contributed by atoms with Crippen LogP contribution in [0.4, 0.5) is 4.79 Å². The zero-order valence-electron chi connectivity index (χ0n) is 12.9. The van der Waals surface area contributed by atoms with Gasteiger partial charge in [0.05, 0.1) is 0 Å². The number of nitrogens with zero attached hydrogens (tertiary/aromatic N) is 1. The lowest BCUT2D eigenvalue weighted by Gasteiger charge is -2.36. The van der Waals surface area contributed by atoms with Crippen molar-refractivity contribution in [2.24, 2.45) is 0 Å². The fraction of sp³-hybridized carbons (Fsp3) is 0.857. The monoisotopic (exact) mass is 285 g/mol. The van der Waals surface area contributed by atoms with Crippen LogP contribution in [0.5, 0.6) is 0 Å². The molecule has 6 nitrogen and oxygen atoms in total. The van der Waals surface area contributed by atoms with Crippen molar-refractivity contribution in [3.8, 4) is 0 Å². The number of hydrogen-bond acceptors (Lipinski definition) is 3. The van der Waals surface area contributed by atoms with E-state index in [4.69, 9.17) is 0 Å². The van der Waals surface area contributed by atoms with Crippen LogP contribution in [0.15, 0.2) is 0 Å². The van der Waals surface area contributed by atoms with Gasteiger partial charge in [0.2, 0.25) is 0 Å². The largest absolute Gasteiger partial charge is 0.480 e. The van der Waals surface area contributed by atoms with E-state index in [1.165, 1.54) is 0 Å². The summed E-state index contributed by atoms with van der Waals surface area (Å²) in [5, 5.41) is 14.9. The molecular formula is C14H27N3O3. The van der Waals surface area contributed by atoms with Gasteiger partial charge < -0.3 is 20.6 Å². The van der Waals surface area contributed by atoms with Gasteiger partial charge in [-0.2, -0.15) is 0 Å². The number of likely N-dealkylation sites (tertiary alicyclic amines) is 1. The molecule has 3 N–H and O–H groups in total. The van der Waals surface area contributed by atoms with E-state index in [9.17, 15) is 14.7 Å². The van der Waals surface area contributed by atoms with Gasteiger partial charge in [0, 0.05) is 18.6 Å². The number of hydrogen-bond donors (Lipinski definition) is 3. The Labute approximate surface area is 120 Å².